The summed E-state index contributed by atoms with van der Waals surface area (Å²) in [5, 5.41) is 31.2. The number of aryl methyl sites for hydroxylation is 3. The van der Waals surface area contributed by atoms with Crippen molar-refractivity contribution in [3.05, 3.63) is 193 Å². The van der Waals surface area contributed by atoms with Gasteiger partial charge in [-0.25, -0.2) is 19.7 Å². The van der Waals surface area contributed by atoms with E-state index in [1.165, 1.54) is 19.3 Å². The Balaban J connectivity index is 0.000000222. The lowest BCUT2D eigenvalue weighted by atomic mass is 9.96. The van der Waals surface area contributed by atoms with Crippen LogP contribution in [0, 0.1) is 20.8 Å². The lowest BCUT2D eigenvalue weighted by Crippen LogP contribution is -2.32. The van der Waals surface area contributed by atoms with E-state index >= 15 is 0 Å². The summed E-state index contributed by atoms with van der Waals surface area (Å²) in [6, 6.07) is 41.3. The van der Waals surface area contributed by atoms with Crippen LogP contribution in [0.25, 0.3) is 103 Å². The molecule has 25 heteroatoms. The number of hydrogen-bond donors (Lipinski definition) is 2. The van der Waals surface area contributed by atoms with E-state index in [0.717, 1.165) is 74.6 Å². The second-order valence-electron chi connectivity index (χ2n) is 27.3. The number of nitrogens with zero attached hydrogens (tertiary/aromatic N) is 14. The number of aromatic nitrogens is 12. The fourth-order valence-electron chi connectivity index (χ4n) is 10.8. The molecule has 6 aromatic heterocycles. The predicted octanol–water partition coefficient (Wildman–Crippen LogP) is 16.6. The Morgan fingerprint density at radius 1 is 0.538 bits per heavy atom. The summed E-state index contributed by atoms with van der Waals surface area (Å²) in [6.45, 7) is 25.1. The summed E-state index contributed by atoms with van der Waals surface area (Å²) in [5.74, 6) is 1.73. The number of rotatable bonds is 21. The van der Waals surface area contributed by atoms with Crippen LogP contribution in [0.4, 0.5) is 10.8 Å². The summed E-state index contributed by atoms with van der Waals surface area (Å²) < 4.78 is 41.5. The van der Waals surface area contributed by atoms with Gasteiger partial charge in [0.25, 0.3) is 17.7 Å². The van der Waals surface area contributed by atoms with Gasteiger partial charge in [0.2, 0.25) is 11.8 Å². The van der Waals surface area contributed by atoms with E-state index in [2.05, 4.69) is 69.3 Å². The lowest BCUT2D eigenvalue weighted by Gasteiger charge is -2.21. The molecular formula is C79H94N16O8S. The first-order valence-electron chi connectivity index (χ1n) is 34.3. The molecule has 0 radical (unpaired) electrons. The number of hydrogen-bond acceptors (Lipinski definition) is 23. The van der Waals surface area contributed by atoms with Gasteiger partial charge in [-0.15, -0.1) is 25.5 Å². The fourth-order valence-corrected chi connectivity index (χ4v) is 12.1. The summed E-state index contributed by atoms with van der Waals surface area (Å²) >= 11 is 0. The Hall–Kier alpha value is -11.5. The summed E-state index contributed by atoms with van der Waals surface area (Å²) in [7, 11) is 6.55. The Morgan fingerprint density at radius 2 is 0.981 bits per heavy atom. The van der Waals surface area contributed by atoms with Gasteiger partial charge in [0.05, 0.1) is 63.6 Å². The molecule has 0 spiro atoms. The minimum absolute atomic E-state index is 0. The van der Waals surface area contributed by atoms with E-state index in [4.69, 9.17) is 37.7 Å². The van der Waals surface area contributed by atoms with Crippen LogP contribution in [0.5, 0.6) is 0 Å². The maximum Gasteiger partial charge on any atom is 0.407 e. The lowest BCUT2D eigenvalue weighted by molar-refractivity contribution is -0.154. The first kappa shape index (κ1) is 75.2. The number of ether oxygens (including phenoxy) is 2. The van der Waals surface area contributed by atoms with Crippen molar-refractivity contribution in [2.24, 2.45) is 0 Å². The van der Waals surface area contributed by atoms with E-state index in [-0.39, 0.29) is 22.6 Å². The zero-order valence-electron chi connectivity index (χ0n) is 61.1. The minimum atomic E-state index is -1.34. The third-order valence-corrected chi connectivity index (χ3v) is 17.9. The van der Waals surface area contributed by atoms with Crippen LogP contribution in [0.2, 0.25) is 0 Å². The van der Waals surface area contributed by atoms with Gasteiger partial charge in [0, 0.05) is 101 Å². The van der Waals surface area contributed by atoms with Gasteiger partial charge in [0.1, 0.15) is 28.3 Å². The van der Waals surface area contributed by atoms with Gasteiger partial charge in [-0.05, 0) is 129 Å². The first-order chi connectivity index (χ1) is 49.7. The second kappa shape index (κ2) is 34.0. The second-order valence-corrected chi connectivity index (χ2v) is 28.8. The smallest absolute Gasteiger partial charge is 0.407 e. The van der Waals surface area contributed by atoms with Crippen LogP contribution >= 0.6 is 0 Å². The zero-order chi connectivity index (χ0) is 74.2. The van der Waals surface area contributed by atoms with E-state index in [1.54, 1.807) is 24.7 Å². The van der Waals surface area contributed by atoms with Gasteiger partial charge in [-0.1, -0.05) is 135 Å². The number of carbonyl (C=O) groups is 2. The predicted molar refractivity (Wildman–Crippen MR) is 409 cm³/mol. The van der Waals surface area contributed by atoms with Crippen molar-refractivity contribution < 1.29 is 40.8 Å². The number of alkyl carbamates (subject to hydrolysis) is 1. The molecule has 0 bridgehead atoms. The molecule has 24 nitrogen and oxygen atoms in total. The zero-order valence-corrected chi connectivity index (χ0v) is 62.0. The quantitative estimate of drug-likeness (QED) is 0.0632. The normalized spacial score (nSPS) is 12.5. The number of benzene rings is 5. The molecular weight excluding hydrogens is 1330 g/mol. The molecule has 6 heterocycles. The molecule has 104 heavy (non-hydrogen) atoms. The molecule has 0 aliphatic heterocycles. The van der Waals surface area contributed by atoms with Gasteiger partial charge in [-0.3, -0.25) is 24.0 Å². The minimum Gasteiger partial charge on any atom is -0.460 e. The number of amides is 1. The average molecular weight is 1430 g/mol. The van der Waals surface area contributed by atoms with Crippen molar-refractivity contribution in [3.8, 4) is 91.4 Å². The molecule has 1 atom stereocenters. The third kappa shape index (κ3) is 20.4. The number of esters is 1. The van der Waals surface area contributed by atoms with E-state index in [1.807, 2.05) is 222 Å². The van der Waals surface area contributed by atoms with Crippen molar-refractivity contribution >= 4 is 40.3 Å². The molecule has 1 fully saturated rings. The van der Waals surface area contributed by atoms with Crippen LogP contribution in [-0.2, 0) is 31.6 Å². The third-order valence-electron chi connectivity index (χ3n) is 16.4. The maximum absolute atomic E-state index is 13.2. The Kier molecular flexibility index (Phi) is 24.6. The van der Waals surface area contributed by atoms with Crippen LogP contribution in [0.15, 0.2) is 177 Å². The van der Waals surface area contributed by atoms with E-state index < -0.39 is 28.1 Å². The first-order valence-corrected chi connectivity index (χ1v) is 35.6. The molecule has 1 aliphatic rings. The molecule has 5 aromatic carbocycles. The highest BCUT2D eigenvalue weighted by Crippen LogP contribution is 2.33. The molecule has 1 saturated carbocycles. The highest BCUT2D eigenvalue weighted by atomic mass is 32.2. The number of nitrogens with one attached hydrogen (secondary N) is 2. The van der Waals surface area contributed by atoms with Crippen LogP contribution in [0.1, 0.15) is 125 Å². The molecule has 2 N–H and O–H groups in total. The van der Waals surface area contributed by atoms with Crippen molar-refractivity contribution in [1.29, 1.82) is 0 Å². The monoisotopic (exact) mass is 1430 g/mol. The molecule has 12 rings (SSSR count). The topological polar surface area (TPSA) is 294 Å². The maximum atomic E-state index is 13.2. The molecule has 11 aromatic rings. The summed E-state index contributed by atoms with van der Waals surface area (Å²) in [5.41, 5.74) is 13.7. The van der Waals surface area contributed by atoms with E-state index in [9.17, 15) is 13.8 Å². The standard InChI is InChI=1S/C29H32N6O3.C27H28N4O4S.C23H28N6O.3H2/c1-18-25(32-24(17-30-18)22-14-12-21(13-15-22)19(2)35(6)7)27-34-33-26(37-27)23-10-8-20(9-11-23)16-31-28(36)38-29(3,4)5;1-18-24(26-31-30-25(34-26)19-11-6-5-7-12-19)29-21(17-28-18)20-13-8-9-14-22(20)36(33)16-10-15-23(32)35-27(2,3)4;1-15-21(22-27-28-23(30-22)25-19-8-6-5-7-9-19)26-20(14-24-15)18-12-10-17(11-13-18)16(2)29(3)4;;;/h8-15,17H,2,16H2,1,3-7H3,(H,31,36);5-9,11-14,17H,10,15-16H2,1-4H3;10-14,19H,2,5-9H2,1,3-4H3,(H,25,28);3*1H. The van der Waals surface area contributed by atoms with Crippen molar-refractivity contribution in [1.82, 2.24) is 75.6 Å². The number of carbonyl (C=O) groups excluding carboxylic acids is 2. The molecule has 1 amide bonds. The highest BCUT2D eigenvalue weighted by Gasteiger charge is 2.24. The van der Waals surface area contributed by atoms with Gasteiger partial charge in [-0.2, -0.15) is 0 Å². The molecule has 544 valence electrons. The molecule has 1 unspecified atom stereocenters. The van der Waals surface area contributed by atoms with Crippen LogP contribution < -0.4 is 10.6 Å². The van der Waals surface area contributed by atoms with E-state index in [0.29, 0.717) is 105 Å². The Bertz CT molecular complexity index is 4800. The summed E-state index contributed by atoms with van der Waals surface area (Å²) in [4.78, 5) is 56.2. The highest BCUT2D eigenvalue weighted by molar-refractivity contribution is 7.85. The van der Waals surface area contributed by atoms with Crippen molar-refractivity contribution in [3.63, 3.8) is 0 Å². The van der Waals surface area contributed by atoms with Gasteiger partial charge >= 0.3 is 18.1 Å². The van der Waals surface area contributed by atoms with Gasteiger partial charge in [0.15, 0.2) is 0 Å². The van der Waals surface area contributed by atoms with Gasteiger partial charge < -0.3 is 43.2 Å². The Labute approximate surface area is 613 Å². The van der Waals surface area contributed by atoms with Crippen molar-refractivity contribution in [2.45, 2.75) is 136 Å². The molecule has 0 saturated heterocycles. The average Bonchev–Trinajstić information content (AvgIpc) is 1.78. The SMILES string of the molecule is C=C(c1ccc(-c2cnc(C)c(-c3nnc(-c4ccc(CNC(=O)OC(C)(C)C)cc4)o3)n2)cc1)N(C)C.C=C(c1ccc(-c2cnc(C)c(-c3nnc(NC4CCCCC4)o3)n2)cc1)N(C)C.Cc1ncc(-c2ccccc2S(=O)CCCC(=O)OC(C)(C)C)nc1-c1nnc(-c2ccccc2)o1.[HH].[HH].[HH]. The van der Waals surface area contributed by atoms with Crippen LogP contribution in [-0.4, -0.2) is 138 Å². The number of anilines is 1. The Morgan fingerprint density at radius 3 is 1.49 bits per heavy atom. The molecule has 1 aliphatic carbocycles. The van der Waals surface area contributed by atoms with Crippen LogP contribution in [0.3, 0.4) is 0 Å². The largest absolute Gasteiger partial charge is 0.460 e. The van der Waals surface area contributed by atoms with Crippen molar-refractivity contribution in [2.75, 3.05) is 39.3 Å². The summed E-state index contributed by atoms with van der Waals surface area (Å²) in [6.07, 6.45) is 11.4. The fraction of sp³-hybridized carbons (Fsp3) is 0.316.